The normalized spacial score (nSPS) is 32.9. The molecule has 3 nitrogen and oxygen atoms in total. The van der Waals surface area contributed by atoms with Crippen LogP contribution in [0, 0.1) is 11.8 Å². The Balaban J connectivity index is 1.54. The molecular weight excluding hydrogens is 260 g/mol. The molecule has 4 atom stereocenters. The minimum atomic E-state index is -0.163. The molecule has 0 saturated heterocycles. The monoisotopic (exact) mass is 284 g/mol. The van der Waals surface area contributed by atoms with Crippen LogP contribution >= 0.6 is 0 Å². The number of allylic oxidation sites excluding steroid dienone is 4. The Morgan fingerprint density at radius 1 is 1.19 bits per heavy atom. The standard InChI is InChI=1S/C18H24N2O/c21-18(13-6-2-1-3-7-13)10-16-14-8-4-5-9-15(14)17-11-19-12-20(16)17/h4-5,8-9,11-16,18,21H,1-3,6-7,10H2/t14-,15?,16?,18?/m1/s1. The Morgan fingerprint density at radius 2 is 2.00 bits per heavy atom. The third kappa shape index (κ3) is 2.28. The van der Waals surface area contributed by atoms with Crippen LogP contribution in [0.15, 0.2) is 36.8 Å². The maximum atomic E-state index is 10.7. The van der Waals surface area contributed by atoms with E-state index in [2.05, 4.69) is 33.9 Å². The molecule has 0 spiro atoms. The van der Waals surface area contributed by atoms with Gasteiger partial charge in [-0.2, -0.15) is 0 Å². The zero-order chi connectivity index (χ0) is 14.2. The first-order chi connectivity index (χ1) is 10.3. The molecule has 3 unspecified atom stereocenters. The molecule has 4 rings (SSSR count). The molecule has 1 aliphatic heterocycles. The molecule has 3 heteroatoms. The van der Waals surface area contributed by atoms with Crippen LogP contribution in [-0.2, 0) is 0 Å². The summed E-state index contributed by atoms with van der Waals surface area (Å²) in [4.78, 5) is 4.33. The van der Waals surface area contributed by atoms with Gasteiger partial charge in [0.1, 0.15) is 0 Å². The molecule has 1 aromatic rings. The van der Waals surface area contributed by atoms with Gasteiger partial charge in [0.15, 0.2) is 0 Å². The lowest BCUT2D eigenvalue weighted by Crippen LogP contribution is -2.28. The Kier molecular flexibility index (Phi) is 3.46. The summed E-state index contributed by atoms with van der Waals surface area (Å²) < 4.78 is 2.31. The molecule has 21 heavy (non-hydrogen) atoms. The zero-order valence-electron chi connectivity index (χ0n) is 12.4. The molecule has 0 aromatic carbocycles. The van der Waals surface area contributed by atoms with Crippen molar-refractivity contribution in [2.24, 2.45) is 11.8 Å². The van der Waals surface area contributed by atoms with Crippen LogP contribution in [0.25, 0.3) is 0 Å². The molecule has 1 N–H and O–H groups in total. The molecule has 1 fully saturated rings. The minimum Gasteiger partial charge on any atom is -0.393 e. The number of imidazole rings is 1. The van der Waals surface area contributed by atoms with E-state index in [1.807, 2.05) is 12.5 Å². The summed E-state index contributed by atoms with van der Waals surface area (Å²) in [5, 5.41) is 10.7. The number of hydrogen-bond acceptors (Lipinski definition) is 2. The topological polar surface area (TPSA) is 38.1 Å². The number of aliphatic hydroxyl groups excluding tert-OH is 1. The summed E-state index contributed by atoms with van der Waals surface area (Å²) in [6.45, 7) is 0. The molecule has 1 aromatic heterocycles. The van der Waals surface area contributed by atoms with Gasteiger partial charge in [0, 0.05) is 29.8 Å². The first kappa shape index (κ1) is 13.3. The van der Waals surface area contributed by atoms with E-state index >= 15 is 0 Å². The van der Waals surface area contributed by atoms with E-state index in [1.54, 1.807) is 0 Å². The summed E-state index contributed by atoms with van der Waals surface area (Å²) in [6.07, 6.45) is 19.9. The van der Waals surface area contributed by atoms with E-state index in [1.165, 1.54) is 37.8 Å². The SMILES string of the molecule is OC(CC1[C@@H]2C=CC=CC2c2cncn21)C1CCCCC1. The van der Waals surface area contributed by atoms with Crippen molar-refractivity contribution in [1.29, 1.82) is 0 Å². The van der Waals surface area contributed by atoms with Gasteiger partial charge in [0.25, 0.3) is 0 Å². The van der Waals surface area contributed by atoms with Crippen LogP contribution in [-0.4, -0.2) is 20.8 Å². The van der Waals surface area contributed by atoms with Crippen molar-refractivity contribution < 1.29 is 5.11 Å². The van der Waals surface area contributed by atoms with Crippen molar-refractivity contribution in [3.8, 4) is 0 Å². The van der Waals surface area contributed by atoms with Crippen LogP contribution in [0.3, 0.4) is 0 Å². The van der Waals surface area contributed by atoms with Gasteiger partial charge in [-0.3, -0.25) is 0 Å². The Hall–Kier alpha value is -1.35. The first-order valence-electron chi connectivity index (χ1n) is 8.39. The van der Waals surface area contributed by atoms with Crippen LogP contribution in [0.5, 0.6) is 0 Å². The number of nitrogens with zero attached hydrogens (tertiary/aromatic N) is 2. The highest BCUT2D eigenvalue weighted by atomic mass is 16.3. The lowest BCUT2D eigenvalue weighted by atomic mass is 9.79. The second-order valence-electron chi connectivity index (χ2n) is 6.87. The van der Waals surface area contributed by atoms with Crippen molar-refractivity contribution in [2.75, 3.05) is 0 Å². The van der Waals surface area contributed by atoms with Crippen molar-refractivity contribution in [3.05, 3.63) is 42.5 Å². The fraction of sp³-hybridized carbons (Fsp3) is 0.611. The Labute approximate surface area is 126 Å². The average molecular weight is 284 g/mol. The summed E-state index contributed by atoms with van der Waals surface area (Å²) >= 11 is 0. The average Bonchev–Trinajstić information content (AvgIpc) is 3.11. The van der Waals surface area contributed by atoms with Crippen LogP contribution < -0.4 is 0 Å². The minimum absolute atomic E-state index is 0.163. The van der Waals surface area contributed by atoms with Crippen molar-refractivity contribution >= 4 is 0 Å². The Morgan fingerprint density at radius 3 is 2.86 bits per heavy atom. The molecule has 0 amide bonds. The van der Waals surface area contributed by atoms with Gasteiger partial charge in [-0.05, 0) is 25.2 Å². The number of aliphatic hydroxyl groups is 1. The molecule has 0 bridgehead atoms. The van der Waals surface area contributed by atoms with Gasteiger partial charge in [-0.15, -0.1) is 0 Å². The lowest BCUT2D eigenvalue weighted by molar-refractivity contribution is 0.0603. The van der Waals surface area contributed by atoms with E-state index in [9.17, 15) is 5.11 Å². The summed E-state index contributed by atoms with van der Waals surface area (Å²) in [7, 11) is 0. The Bertz CT molecular complexity index is 553. The van der Waals surface area contributed by atoms with Gasteiger partial charge in [0.05, 0.1) is 12.4 Å². The van der Waals surface area contributed by atoms with Crippen molar-refractivity contribution in [2.45, 2.75) is 56.6 Å². The molecule has 1 saturated carbocycles. The van der Waals surface area contributed by atoms with Gasteiger partial charge in [-0.25, -0.2) is 4.98 Å². The molecule has 0 radical (unpaired) electrons. The van der Waals surface area contributed by atoms with Crippen LogP contribution in [0.4, 0.5) is 0 Å². The summed E-state index contributed by atoms with van der Waals surface area (Å²) in [5.74, 6) is 1.44. The van der Waals surface area contributed by atoms with Crippen LogP contribution in [0.1, 0.15) is 56.2 Å². The van der Waals surface area contributed by atoms with Crippen molar-refractivity contribution in [1.82, 2.24) is 9.55 Å². The number of rotatable bonds is 3. The van der Waals surface area contributed by atoms with Gasteiger partial charge in [-0.1, -0.05) is 43.6 Å². The molecule has 2 aliphatic carbocycles. The summed E-state index contributed by atoms with van der Waals surface area (Å²) in [5.41, 5.74) is 1.31. The highest BCUT2D eigenvalue weighted by Gasteiger charge is 2.40. The van der Waals surface area contributed by atoms with Gasteiger partial charge >= 0.3 is 0 Å². The van der Waals surface area contributed by atoms with Crippen LogP contribution in [0.2, 0.25) is 0 Å². The second kappa shape index (κ2) is 5.45. The molecular formula is C18H24N2O. The number of hydrogen-bond donors (Lipinski definition) is 1. The quantitative estimate of drug-likeness (QED) is 0.921. The van der Waals surface area contributed by atoms with Gasteiger partial charge in [0.2, 0.25) is 0 Å². The van der Waals surface area contributed by atoms with E-state index in [0.29, 0.717) is 23.8 Å². The maximum Gasteiger partial charge on any atom is 0.0951 e. The smallest absolute Gasteiger partial charge is 0.0951 e. The molecule has 3 aliphatic rings. The maximum absolute atomic E-state index is 10.7. The van der Waals surface area contributed by atoms with E-state index in [0.717, 1.165) is 6.42 Å². The van der Waals surface area contributed by atoms with E-state index in [-0.39, 0.29) is 6.10 Å². The largest absolute Gasteiger partial charge is 0.393 e. The molecule has 112 valence electrons. The fourth-order valence-electron chi connectivity index (χ4n) is 4.55. The third-order valence-corrected chi connectivity index (χ3v) is 5.69. The third-order valence-electron chi connectivity index (χ3n) is 5.69. The lowest BCUT2D eigenvalue weighted by Gasteiger charge is -2.31. The van der Waals surface area contributed by atoms with E-state index < -0.39 is 0 Å². The predicted octanol–water partition coefficient (Wildman–Crippen LogP) is 3.59. The number of aromatic nitrogens is 2. The van der Waals surface area contributed by atoms with E-state index in [4.69, 9.17) is 0 Å². The highest BCUT2D eigenvalue weighted by Crippen LogP contribution is 2.47. The predicted molar refractivity (Wildman–Crippen MR) is 83.0 cm³/mol. The second-order valence-corrected chi connectivity index (χ2v) is 6.87. The highest BCUT2D eigenvalue weighted by molar-refractivity contribution is 5.31. The van der Waals surface area contributed by atoms with Gasteiger partial charge < -0.3 is 9.67 Å². The first-order valence-corrected chi connectivity index (χ1v) is 8.39. The fourth-order valence-corrected chi connectivity index (χ4v) is 4.55. The number of fused-ring (bicyclic) bond motifs is 3. The summed E-state index contributed by atoms with van der Waals surface area (Å²) in [6, 6.07) is 0.366. The zero-order valence-corrected chi connectivity index (χ0v) is 12.4. The van der Waals surface area contributed by atoms with Crippen molar-refractivity contribution in [3.63, 3.8) is 0 Å². The molecule has 2 heterocycles.